The third-order valence-electron chi connectivity index (χ3n) is 2.17. The van der Waals surface area contributed by atoms with Crippen LogP contribution in [0.4, 0.5) is 4.79 Å². The van der Waals surface area contributed by atoms with Crippen LogP contribution in [-0.2, 0) is 9.53 Å². The fourth-order valence-electron chi connectivity index (χ4n) is 1.42. The Morgan fingerprint density at radius 3 is 2.25 bits per heavy atom. The summed E-state index contributed by atoms with van der Waals surface area (Å²) in [4.78, 5) is 23.5. The summed E-state index contributed by atoms with van der Waals surface area (Å²) < 4.78 is 5.25. The highest BCUT2D eigenvalue weighted by Crippen LogP contribution is 2.11. The second kappa shape index (κ2) is 5.16. The largest absolute Gasteiger partial charge is 0.444 e. The van der Waals surface area contributed by atoms with Crippen LogP contribution in [0, 0.1) is 0 Å². The lowest BCUT2D eigenvalue weighted by molar-refractivity contribution is -0.114. The van der Waals surface area contributed by atoms with E-state index in [0.717, 1.165) is 0 Å². The van der Waals surface area contributed by atoms with E-state index in [1.54, 1.807) is 9.91 Å². The summed E-state index contributed by atoms with van der Waals surface area (Å²) in [5.41, 5.74) is 2.10. The first-order valence-corrected chi connectivity index (χ1v) is 5.35. The van der Waals surface area contributed by atoms with Crippen LogP contribution >= 0.6 is 0 Å². The Morgan fingerprint density at radius 1 is 1.25 bits per heavy atom. The van der Waals surface area contributed by atoms with Crippen molar-refractivity contribution in [2.24, 2.45) is 0 Å². The van der Waals surface area contributed by atoms with E-state index in [4.69, 9.17) is 4.74 Å². The monoisotopic (exact) mass is 229 g/mol. The van der Waals surface area contributed by atoms with Crippen LogP contribution in [0.3, 0.4) is 0 Å². The minimum atomic E-state index is -0.463. The minimum absolute atomic E-state index is 0.293. The molecule has 1 saturated heterocycles. The molecule has 1 aliphatic heterocycles. The van der Waals surface area contributed by atoms with E-state index in [1.807, 2.05) is 20.8 Å². The molecule has 1 N–H and O–H groups in total. The lowest BCUT2D eigenvalue weighted by Gasteiger charge is -2.34. The molecule has 6 heteroatoms. The molecular weight excluding hydrogens is 210 g/mol. The molecule has 1 heterocycles. The van der Waals surface area contributed by atoms with Crippen LogP contribution in [0.25, 0.3) is 0 Å². The number of ether oxygens (including phenoxy) is 1. The predicted octanol–water partition coefficient (Wildman–Crippen LogP) is 0.200. The second-order valence-electron chi connectivity index (χ2n) is 4.70. The zero-order valence-corrected chi connectivity index (χ0v) is 10.0. The van der Waals surface area contributed by atoms with E-state index < -0.39 is 5.60 Å². The van der Waals surface area contributed by atoms with Crippen LogP contribution < -0.4 is 5.43 Å². The van der Waals surface area contributed by atoms with Gasteiger partial charge in [-0.2, -0.15) is 0 Å². The summed E-state index contributed by atoms with van der Waals surface area (Å²) in [6.45, 7) is 7.90. The lowest BCUT2D eigenvalue weighted by atomic mass is 10.2. The Kier molecular flexibility index (Phi) is 4.12. The van der Waals surface area contributed by atoms with Crippen LogP contribution in [0.1, 0.15) is 20.8 Å². The van der Waals surface area contributed by atoms with Gasteiger partial charge in [-0.25, -0.2) is 9.80 Å². The average Bonchev–Trinajstić information content (AvgIpc) is 2.16. The number of carbonyl (C=O) groups is 2. The Bertz CT molecular complexity index is 255. The van der Waals surface area contributed by atoms with E-state index in [9.17, 15) is 9.59 Å². The molecule has 92 valence electrons. The van der Waals surface area contributed by atoms with Crippen molar-refractivity contribution in [2.45, 2.75) is 26.4 Å². The standard InChI is InChI=1S/C10H19N3O3/c1-10(2,3)16-9(15)12-4-6-13(7-5-12)11-8-14/h8H,4-7H2,1-3H3,(H,11,14). The molecule has 16 heavy (non-hydrogen) atoms. The molecular formula is C10H19N3O3. The highest BCUT2D eigenvalue weighted by Gasteiger charge is 2.25. The summed E-state index contributed by atoms with van der Waals surface area (Å²) in [7, 11) is 0. The van der Waals surface area contributed by atoms with Crippen LogP contribution in [-0.4, -0.2) is 54.2 Å². The fourth-order valence-corrected chi connectivity index (χ4v) is 1.42. The van der Waals surface area contributed by atoms with Crippen LogP contribution in [0.5, 0.6) is 0 Å². The smallest absolute Gasteiger partial charge is 0.410 e. The van der Waals surface area contributed by atoms with E-state index >= 15 is 0 Å². The first-order valence-electron chi connectivity index (χ1n) is 5.35. The Hall–Kier alpha value is -1.30. The first-order chi connectivity index (χ1) is 7.42. The van der Waals surface area contributed by atoms with Crippen molar-refractivity contribution < 1.29 is 14.3 Å². The van der Waals surface area contributed by atoms with Gasteiger partial charge in [0.25, 0.3) is 0 Å². The molecule has 0 bridgehead atoms. The number of hydrazine groups is 1. The number of piperazine rings is 1. The van der Waals surface area contributed by atoms with Crippen molar-refractivity contribution in [2.75, 3.05) is 26.2 Å². The summed E-state index contributed by atoms with van der Waals surface area (Å²) >= 11 is 0. The normalized spacial score (nSPS) is 18.1. The zero-order valence-electron chi connectivity index (χ0n) is 10.0. The van der Waals surface area contributed by atoms with Crippen molar-refractivity contribution in [3.05, 3.63) is 0 Å². The number of amides is 2. The Balaban J connectivity index is 2.36. The molecule has 2 amide bonds. The van der Waals surface area contributed by atoms with Gasteiger partial charge in [0.15, 0.2) is 0 Å². The van der Waals surface area contributed by atoms with Crippen LogP contribution in [0.15, 0.2) is 0 Å². The summed E-state index contributed by atoms with van der Waals surface area (Å²) in [6, 6.07) is 0. The van der Waals surface area contributed by atoms with Crippen LogP contribution in [0.2, 0.25) is 0 Å². The number of carbonyl (C=O) groups excluding carboxylic acids is 2. The number of rotatable bonds is 2. The Labute approximate surface area is 95.5 Å². The summed E-state index contributed by atoms with van der Waals surface area (Å²) in [5, 5.41) is 1.77. The summed E-state index contributed by atoms with van der Waals surface area (Å²) in [5.74, 6) is 0. The third-order valence-corrected chi connectivity index (χ3v) is 2.17. The number of hydrogen-bond donors (Lipinski definition) is 1. The molecule has 0 aromatic heterocycles. The van der Waals surface area contributed by atoms with E-state index in [-0.39, 0.29) is 6.09 Å². The van der Waals surface area contributed by atoms with Gasteiger partial charge in [0.1, 0.15) is 5.60 Å². The topological polar surface area (TPSA) is 61.9 Å². The number of nitrogens with zero attached hydrogens (tertiary/aromatic N) is 2. The van der Waals surface area contributed by atoms with Crippen molar-refractivity contribution in [3.63, 3.8) is 0 Å². The van der Waals surface area contributed by atoms with E-state index in [1.165, 1.54) is 0 Å². The molecule has 0 spiro atoms. The third kappa shape index (κ3) is 4.06. The molecule has 0 atom stereocenters. The molecule has 6 nitrogen and oxygen atoms in total. The van der Waals surface area contributed by atoms with Gasteiger partial charge in [0.05, 0.1) is 0 Å². The van der Waals surface area contributed by atoms with Gasteiger partial charge in [-0.3, -0.25) is 10.2 Å². The van der Waals surface area contributed by atoms with Crippen molar-refractivity contribution in [1.82, 2.24) is 15.3 Å². The SMILES string of the molecule is CC(C)(C)OC(=O)N1CCN(NC=O)CC1. The molecule has 0 saturated carbocycles. The van der Waals surface area contributed by atoms with Gasteiger partial charge < -0.3 is 9.64 Å². The molecule has 1 rings (SSSR count). The van der Waals surface area contributed by atoms with Gasteiger partial charge in [0, 0.05) is 26.2 Å². The molecule has 0 radical (unpaired) electrons. The Morgan fingerprint density at radius 2 is 1.81 bits per heavy atom. The lowest BCUT2D eigenvalue weighted by Crippen LogP contribution is -2.53. The minimum Gasteiger partial charge on any atom is -0.444 e. The van der Waals surface area contributed by atoms with Gasteiger partial charge >= 0.3 is 6.09 Å². The maximum absolute atomic E-state index is 11.7. The number of hydrogen-bond acceptors (Lipinski definition) is 4. The average molecular weight is 229 g/mol. The highest BCUT2D eigenvalue weighted by molar-refractivity contribution is 5.68. The quantitative estimate of drug-likeness (QED) is 0.687. The molecule has 1 fully saturated rings. The van der Waals surface area contributed by atoms with Gasteiger partial charge in [-0.1, -0.05) is 0 Å². The van der Waals surface area contributed by atoms with E-state index in [0.29, 0.717) is 32.6 Å². The maximum Gasteiger partial charge on any atom is 0.410 e. The number of nitrogens with one attached hydrogen (secondary N) is 1. The fraction of sp³-hybridized carbons (Fsp3) is 0.800. The summed E-state index contributed by atoms with van der Waals surface area (Å²) in [6.07, 6.45) is 0.349. The maximum atomic E-state index is 11.7. The van der Waals surface area contributed by atoms with Gasteiger partial charge in [0.2, 0.25) is 6.41 Å². The van der Waals surface area contributed by atoms with Crippen molar-refractivity contribution in [1.29, 1.82) is 0 Å². The molecule has 0 aromatic rings. The first kappa shape index (κ1) is 12.8. The zero-order chi connectivity index (χ0) is 12.2. The second-order valence-corrected chi connectivity index (χ2v) is 4.70. The molecule has 0 aromatic carbocycles. The van der Waals surface area contributed by atoms with Crippen molar-refractivity contribution in [3.8, 4) is 0 Å². The van der Waals surface area contributed by atoms with Gasteiger partial charge in [-0.15, -0.1) is 0 Å². The van der Waals surface area contributed by atoms with Gasteiger partial charge in [-0.05, 0) is 20.8 Å². The molecule has 1 aliphatic rings. The van der Waals surface area contributed by atoms with Crippen molar-refractivity contribution >= 4 is 12.5 Å². The van der Waals surface area contributed by atoms with E-state index in [2.05, 4.69) is 5.43 Å². The molecule has 0 unspecified atom stereocenters. The predicted molar refractivity (Wildman–Crippen MR) is 58.6 cm³/mol. The highest BCUT2D eigenvalue weighted by atomic mass is 16.6. The molecule has 0 aliphatic carbocycles.